The Labute approximate surface area is 122 Å². The molecular formula is C14H10O8. The molecule has 0 saturated carbocycles. The molecule has 0 fully saturated rings. The highest BCUT2D eigenvalue weighted by Crippen LogP contribution is 2.37. The lowest BCUT2D eigenvalue weighted by Gasteiger charge is -2.20. The topological polar surface area (TPSA) is 137 Å². The third-order valence-electron chi connectivity index (χ3n) is 3.29. The van der Waals surface area contributed by atoms with Crippen LogP contribution in [-0.4, -0.2) is 26.4 Å². The van der Waals surface area contributed by atoms with E-state index in [1.54, 1.807) is 0 Å². The van der Waals surface area contributed by atoms with Gasteiger partial charge in [0.15, 0.2) is 11.5 Å². The molecular weight excluding hydrogens is 296 g/mol. The summed E-state index contributed by atoms with van der Waals surface area (Å²) in [5.41, 5.74) is -2.16. The van der Waals surface area contributed by atoms with E-state index in [-0.39, 0.29) is 16.9 Å². The molecule has 2 heterocycles. The quantitative estimate of drug-likeness (QED) is 0.578. The van der Waals surface area contributed by atoms with E-state index in [0.717, 1.165) is 6.07 Å². The number of aromatic carboxylic acids is 1. The summed E-state index contributed by atoms with van der Waals surface area (Å²) in [7, 11) is 0. The van der Waals surface area contributed by atoms with Crippen molar-refractivity contribution in [2.24, 2.45) is 0 Å². The lowest BCUT2D eigenvalue weighted by molar-refractivity contribution is -0.0710. The van der Waals surface area contributed by atoms with Crippen LogP contribution in [0.3, 0.4) is 0 Å². The number of aliphatic hydroxyl groups excluding tert-OH is 1. The predicted molar refractivity (Wildman–Crippen MR) is 72.5 cm³/mol. The van der Waals surface area contributed by atoms with Gasteiger partial charge in [0, 0.05) is 12.1 Å². The van der Waals surface area contributed by atoms with Crippen LogP contribution in [0, 0.1) is 0 Å². The molecule has 0 unspecified atom stereocenters. The number of ether oxygens (including phenoxy) is 1. The van der Waals surface area contributed by atoms with Gasteiger partial charge in [-0.3, -0.25) is 4.79 Å². The predicted octanol–water partition coefficient (Wildman–Crippen LogP) is 1.28. The van der Waals surface area contributed by atoms with Gasteiger partial charge in [0.25, 0.3) is 0 Å². The van der Waals surface area contributed by atoms with E-state index >= 15 is 0 Å². The summed E-state index contributed by atoms with van der Waals surface area (Å²) >= 11 is 0. The summed E-state index contributed by atoms with van der Waals surface area (Å²) in [5, 5.41) is 37.8. The van der Waals surface area contributed by atoms with Crippen molar-refractivity contribution in [2.75, 3.05) is 0 Å². The molecule has 8 nitrogen and oxygen atoms in total. The Hall–Kier alpha value is -3.00. The molecule has 0 saturated heterocycles. The minimum absolute atomic E-state index is 0.00446. The average Bonchev–Trinajstić information content (AvgIpc) is 2.39. The number of phenols is 2. The van der Waals surface area contributed by atoms with Gasteiger partial charge >= 0.3 is 5.97 Å². The van der Waals surface area contributed by atoms with Crippen LogP contribution in [0.2, 0.25) is 0 Å². The molecule has 0 aliphatic carbocycles. The van der Waals surface area contributed by atoms with Crippen LogP contribution in [0.5, 0.6) is 11.5 Å². The highest BCUT2D eigenvalue weighted by Gasteiger charge is 2.30. The van der Waals surface area contributed by atoms with Crippen LogP contribution in [0.25, 0.3) is 17.0 Å². The largest absolute Gasteiger partial charge is 0.504 e. The van der Waals surface area contributed by atoms with E-state index in [4.69, 9.17) is 14.3 Å². The third-order valence-corrected chi connectivity index (χ3v) is 3.29. The lowest BCUT2D eigenvalue weighted by Crippen LogP contribution is -2.21. The highest BCUT2D eigenvalue weighted by molar-refractivity contribution is 6.06. The fourth-order valence-electron chi connectivity index (χ4n) is 2.36. The summed E-state index contributed by atoms with van der Waals surface area (Å²) in [5.74, 6) is -3.02. The van der Waals surface area contributed by atoms with Gasteiger partial charge in [-0.2, -0.15) is 0 Å². The molecule has 1 atom stereocenters. The van der Waals surface area contributed by atoms with Crippen LogP contribution in [0.15, 0.2) is 21.0 Å². The molecule has 4 N–H and O–H groups in total. The van der Waals surface area contributed by atoms with Crippen LogP contribution in [-0.2, 0) is 4.74 Å². The Morgan fingerprint density at radius 2 is 2.00 bits per heavy atom. The van der Waals surface area contributed by atoms with Gasteiger partial charge in [-0.1, -0.05) is 0 Å². The molecule has 1 aromatic heterocycles. The van der Waals surface area contributed by atoms with Crippen molar-refractivity contribution in [2.45, 2.75) is 13.2 Å². The number of allylic oxidation sites excluding steroid dienone is 1. The fourth-order valence-corrected chi connectivity index (χ4v) is 2.36. The zero-order chi connectivity index (χ0) is 16.2. The summed E-state index contributed by atoms with van der Waals surface area (Å²) in [6, 6.07) is 0.934. The number of aliphatic hydroxyl groups is 1. The van der Waals surface area contributed by atoms with E-state index in [0.29, 0.717) is 5.76 Å². The zero-order valence-electron chi connectivity index (χ0n) is 11.2. The maximum Gasteiger partial charge on any atom is 0.340 e. The van der Waals surface area contributed by atoms with Crippen LogP contribution < -0.4 is 5.43 Å². The number of carboxylic acids is 1. The van der Waals surface area contributed by atoms with Crippen molar-refractivity contribution >= 4 is 23.0 Å². The molecule has 1 aliphatic heterocycles. The first-order valence-electron chi connectivity index (χ1n) is 6.13. The second kappa shape index (κ2) is 4.50. The average molecular weight is 306 g/mol. The van der Waals surface area contributed by atoms with Crippen molar-refractivity contribution in [1.82, 2.24) is 0 Å². The van der Waals surface area contributed by atoms with Gasteiger partial charge in [-0.05, 0) is 6.92 Å². The Morgan fingerprint density at radius 1 is 1.32 bits per heavy atom. The lowest BCUT2D eigenvalue weighted by atomic mass is 10.0. The summed E-state index contributed by atoms with van der Waals surface area (Å²) in [4.78, 5) is 23.8. The van der Waals surface area contributed by atoms with E-state index in [1.807, 2.05) is 0 Å². The molecule has 0 radical (unpaired) electrons. The smallest absolute Gasteiger partial charge is 0.340 e. The maximum absolute atomic E-state index is 12.5. The third kappa shape index (κ3) is 1.81. The standard InChI is InChI=1S/C14H10O8/c1-4-2-6-9(14(20)21-4)12(17)8-7(22-6)3-5(15)11(16)10(8)13(18)19/h2-3,14-16,20H,1H3,(H,18,19)/t14-/m1/s1. The van der Waals surface area contributed by atoms with Gasteiger partial charge in [-0.15, -0.1) is 0 Å². The number of aromatic hydroxyl groups is 2. The number of rotatable bonds is 1. The van der Waals surface area contributed by atoms with Crippen molar-refractivity contribution in [1.29, 1.82) is 0 Å². The SMILES string of the molecule is CC1=Cc2oc3cc(O)c(O)c(C(=O)O)c3c(=O)c2[C@H](O)O1. The van der Waals surface area contributed by atoms with Gasteiger partial charge in [0.1, 0.15) is 28.2 Å². The van der Waals surface area contributed by atoms with E-state index in [9.17, 15) is 24.9 Å². The second-order valence-electron chi connectivity index (χ2n) is 4.73. The molecule has 3 rings (SSSR count). The molecule has 8 heteroatoms. The molecule has 114 valence electrons. The summed E-state index contributed by atoms with van der Waals surface area (Å²) in [6.07, 6.45) is -0.258. The van der Waals surface area contributed by atoms with Crippen LogP contribution in [0.1, 0.15) is 34.9 Å². The van der Waals surface area contributed by atoms with Crippen LogP contribution >= 0.6 is 0 Å². The number of phenolic OH excluding ortho intramolecular Hbond substituents is 1. The number of carbonyl (C=O) groups is 1. The second-order valence-corrected chi connectivity index (χ2v) is 4.73. The number of fused-ring (bicyclic) bond motifs is 2. The Kier molecular flexibility index (Phi) is 2.86. The molecule has 0 amide bonds. The van der Waals surface area contributed by atoms with Crippen molar-refractivity contribution in [3.8, 4) is 11.5 Å². The molecule has 22 heavy (non-hydrogen) atoms. The van der Waals surface area contributed by atoms with E-state index in [1.165, 1.54) is 13.0 Å². The highest BCUT2D eigenvalue weighted by atomic mass is 16.6. The van der Waals surface area contributed by atoms with Gasteiger partial charge in [-0.25, -0.2) is 4.79 Å². The number of hydrogen-bond acceptors (Lipinski definition) is 7. The Balaban J connectivity index is 2.54. The number of carboxylic acid groups (broad SMARTS) is 1. The molecule has 2 aromatic rings. The summed E-state index contributed by atoms with van der Waals surface area (Å²) in [6.45, 7) is 1.54. The summed E-state index contributed by atoms with van der Waals surface area (Å²) < 4.78 is 10.4. The number of hydrogen-bond donors (Lipinski definition) is 4. The normalized spacial score (nSPS) is 16.8. The Morgan fingerprint density at radius 3 is 2.64 bits per heavy atom. The Bertz CT molecular complexity index is 905. The first-order valence-corrected chi connectivity index (χ1v) is 6.13. The first kappa shape index (κ1) is 14.0. The minimum atomic E-state index is -1.62. The molecule has 1 aliphatic rings. The van der Waals surface area contributed by atoms with Gasteiger partial charge in [0.2, 0.25) is 11.7 Å². The maximum atomic E-state index is 12.5. The monoisotopic (exact) mass is 306 g/mol. The van der Waals surface area contributed by atoms with E-state index in [2.05, 4.69) is 0 Å². The van der Waals surface area contributed by atoms with Crippen molar-refractivity contribution < 1.29 is 34.4 Å². The first-order chi connectivity index (χ1) is 10.3. The molecule has 0 spiro atoms. The fraction of sp³-hybridized carbons (Fsp3) is 0.143. The van der Waals surface area contributed by atoms with Crippen molar-refractivity contribution in [3.63, 3.8) is 0 Å². The van der Waals surface area contributed by atoms with Crippen molar-refractivity contribution in [3.05, 3.63) is 38.9 Å². The molecule has 1 aromatic carbocycles. The minimum Gasteiger partial charge on any atom is -0.504 e. The van der Waals surface area contributed by atoms with E-state index < -0.39 is 40.1 Å². The van der Waals surface area contributed by atoms with Gasteiger partial charge < -0.3 is 29.6 Å². The number of benzene rings is 1. The van der Waals surface area contributed by atoms with Crippen LogP contribution in [0.4, 0.5) is 0 Å². The molecule has 0 bridgehead atoms. The van der Waals surface area contributed by atoms with Gasteiger partial charge in [0.05, 0.1) is 5.39 Å². The zero-order valence-corrected chi connectivity index (χ0v) is 11.2.